The first-order valence-electron chi connectivity index (χ1n) is 7.39. The third-order valence-electron chi connectivity index (χ3n) is 3.66. The monoisotopic (exact) mass is 330 g/mol. The van der Waals surface area contributed by atoms with E-state index in [0.717, 1.165) is 5.56 Å². The molecule has 2 aromatic carbocycles. The second-order valence-corrected chi connectivity index (χ2v) is 5.45. The summed E-state index contributed by atoms with van der Waals surface area (Å²) in [6.45, 7) is 1.44. The maximum Gasteiger partial charge on any atom is 0.340 e. The molecule has 0 fully saturated rings. The van der Waals surface area contributed by atoms with E-state index < -0.39 is 18.5 Å². The number of nitrogens with zero attached hydrogens (tertiary/aromatic N) is 1. The number of anilines is 1. The Morgan fingerprint density at radius 3 is 2.58 bits per heavy atom. The zero-order valence-corrected chi connectivity index (χ0v) is 13.6. The summed E-state index contributed by atoms with van der Waals surface area (Å²) in [5, 5.41) is 0. The molecule has 0 unspecified atom stereocenters. The molecule has 6 heteroatoms. The molecule has 0 aliphatic carbocycles. The molecular formula is C18H19FN2O3. The van der Waals surface area contributed by atoms with E-state index in [4.69, 9.17) is 10.5 Å². The number of hydrogen-bond donors (Lipinski definition) is 1. The van der Waals surface area contributed by atoms with Crippen molar-refractivity contribution >= 4 is 17.6 Å². The Balaban J connectivity index is 1.94. The van der Waals surface area contributed by atoms with E-state index >= 15 is 0 Å². The molecule has 24 heavy (non-hydrogen) atoms. The third kappa shape index (κ3) is 4.10. The van der Waals surface area contributed by atoms with Crippen LogP contribution in [0.25, 0.3) is 0 Å². The van der Waals surface area contributed by atoms with Gasteiger partial charge in [0.15, 0.2) is 6.61 Å². The van der Waals surface area contributed by atoms with Crippen molar-refractivity contribution in [3.63, 3.8) is 0 Å². The van der Waals surface area contributed by atoms with Gasteiger partial charge in [-0.3, -0.25) is 4.79 Å². The molecule has 0 bridgehead atoms. The maximum absolute atomic E-state index is 13.6. The molecule has 0 atom stereocenters. The fourth-order valence-corrected chi connectivity index (χ4v) is 2.14. The molecule has 0 radical (unpaired) electrons. The van der Waals surface area contributed by atoms with Crippen molar-refractivity contribution in [1.82, 2.24) is 4.90 Å². The lowest BCUT2D eigenvalue weighted by molar-refractivity contribution is -0.133. The van der Waals surface area contributed by atoms with Gasteiger partial charge in [-0.2, -0.15) is 0 Å². The number of nitrogen functional groups attached to an aromatic ring is 1. The Kier molecular flexibility index (Phi) is 5.52. The molecule has 0 saturated heterocycles. The quantitative estimate of drug-likeness (QED) is 0.675. The number of nitrogens with two attached hydrogens (primary N) is 1. The number of esters is 1. The number of carbonyl (C=O) groups is 2. The number of amides is 1. The number of ether oxygens (including phenoxy) is 1. The SMILES string of the molecule is Cc1cccc(C(=O)OCC(=O)N(C)Cc2ccccc2F)c1N. The molecule has 0 spiro atoms. The molecule has 0 aliphatic heterocycles. The van der Waals surface area contributed by atoms with Gasteiger partial charge in [-0.25, -0.2) is 9.18 Å². The summed E-state index contributed by atoms with van der Waals surface area (Å²) >= 11 is 0. The molecule has 0 aliphatic rings. The summed E-state index contributed by atoms with van der Waals surface area (Å²) in [5.41, 5.74) is 7.53. The van der Waals surface area contributed by atoms with Gasteiger partial charge in [-0.15, -0.1) is 0 Å². The van der Waals surface area contributed by atoms with Crippen LogP contribution in [0.3, 0.4) is 0 Å². The van der Waals surface area contributed by atoms with Crippen molar-refractivity contribution < 1.29 is 18.7 Å². The fourth-order valence-electron chi connectivity index (χ4n) is 2.14. The van der Waals surface area contributed by atoms with Crippen LogP contribution in [-0.2, 0) is 16.1 Å². The van der Waals surface area contributed by atoms with E-state index in [1.807, 2.05) is 0 Å². The lowest BCUT2D eigenvalue weighted by Crippen LogP contribution is -2.31. The number of benzene rings is 2. The van der Waals surface area contributed by atoms with Gasteiger partial charge in [0.2, 0.25) is 0 Å². The van der Waals surface area contributed by atoms with Crippen LogP contribution in [0.4, 0.5) is 10.1 Å². The highest BCUT2D eigenvalue weighted by Gasteiger charge is 2.17. The Bertz CT molecular complexity index is 762. The minimum Gasteiger partial charge on any atom is -0.452 e. The molecule has 126 valence electrons. The van der Waals surface area contributed by atoms with Gasteiger partial charge in [-0.05, 0) is 24.6 Å². The largest absolute Gasteiger partial charge is 0.452 e. The highest BCUT2D eigenvalue weighted by molar-refractivity contribution is 5.96. The van der Waals surface area contributed by atoms with Gasteiger partial charge >= 0.3 is 5.97 Å². The topological polar surface area (TPSA) is 72.6 Å². The fraction of sp³-hybridized carbons (Fsp3) is 0.222. The van der Waals surface area contributed by atoms with Gasteiger partial charge in [0, 0.05) is 24.8 Å². The van der Waals surface area contributed by atoms with Crippen molar-refractivity contribution in [3.05, 3.63) is 65.0 Å². The molecule has 2 rings (SSSR count). The molecule has 2 N–H and O–H groups in total. The Hall–Kier alpha value is -2.89. The third-order valence-corrected chi connectivity index (χ3v) is 3.66. The summed E-state index contributed by atoms with van der Waals surface area (Å²) in [4.78, 5) is 25.4. The molecule has 1 amide bonds. The van der Waals surface area contributed by atoms with E-state index in [9.17, 15) is 14.0 Å². The van der Waals surface area contributed by atoms with E-state index in [1.165, 1.54) is 24.1 Å². The molecule has 0 aromatic heterocycles. The Labute approximate surface area is 139 Å². The molecule has 2 aromatic rings. The average molecular weight is 330 g/mol. The number of carbonyl (C=O) groups excluding carboxylic acids is 2. The van der Waals surface area contributed by atoms with E-state index in [2.05, 4.69) is 0 Å². The van der Waals surface area contributed by atoms with Crippen molar-refractivity contribution in [2.24, 2.45) is 0 Å². The minimum absolute atomic E-state index is 0.0929. The van der Waals surface area contributed by atoms with Crippen molar-refractivity contribution in [2.45, 2.75) is 13.5 Å². The van der Waals surface area contributed by atoms with Gasteiger partial charge in [0.1, 0.15) is 5.82 Å². The lowest BCUT2D eigenvalue weighted by atomic mass is 10.1. The normalized spacial score (nSPS) is 10.3. The standard InChI is InChI=1S/C18H19FN2O3/c1-12-6-5-8-14(17(12)20)18(23)24-11-16(22)21(2)10-13-7-3-4-9-15(13)19/h3-9H,10-11,20H2,1-2H3. The predicted molar refractivity (Wildman–Crippen MR) is 88.7 cm³/mol. The zero-order chi connectivity index (χ0) is 17.7. The number of rotatable bonds is 5. The Morgan fingerprint density at radius 1 is 1.17 bits per heavy atom. The smallest absolute Gasteiger partial charge is 0.340 e. The van der Waals surface area contributed by atoms with Crippen molar-refractivity contribution in [3.8, 4) is 0 Å². The van der Waals surface area contributed by atoms with Crippen LogP contribution in [0, 0.1) is 12.7 Å². The molecule has 0 saturated carbocycles. The second-order valence-electron chi connectivity index (χ2n) is 5.45. The van der Waals surface area contributed by atoms with Crippen molar-refractivity contribution in [2.75, 3.05) is 19.4 Å². The van der Waals surface area contributed by atoms with E-state index in [-0.39, 0.29) is 17.9 Å². The zero-order valence-electron chi connectivity index (χ0n) is 13.6. The van der Waals surface area contributed by atoms with Crippen LogP contribution in [0.5, 0.6) is 0 Å². The maximum atomic E-state index is 13.6. The van der Waals surface area contributed by atoms with Crippen molar-refractivity contribution in [1.29, 1.82) is 0 Å². The number of likely N-dealkylation sites (N-methyl/N-ethyl adjacent to an activating group) is 1. The van der Waals surface area contributed by atoms with Gasteiger partial charge in [0.25, 0.3) is 5.91 Å². The highest BCUT2D eigenvalue weighted by atomic mass is 19.1. The summed E-state index contributed by atoms with van der Waals surface area (Å²) < 4.78 is 18.6. The van der Waals surface area contributed by atoms with Crippen LogP contribution < -0.4 is 5.73 Å². The number of para-hydroxylation sites is 1. The summed E-state index contributed by atoms with van der Waals surface area (Å²) in [6.07, 6.45) is 0. The van der Waals surface area contributed by atoms with Crippen LogP contribution in [0.15, 0.2) is 42.5 Å². The summed E-state index contributed by atoms with van der Waals surface area (Å²) in [5.74, 6) is -1.48. The van der Waals surface area contributed by atoms with Crippen LogP contribution in [0.1, 0.15) is 21.5 Å². The number of halogens is 1. The van der Waals surface area contributed by atoms with Gasteiger partial charge in [-0.1, -0.05) is 30.3 Å². The van der Waals surface area contributed by atoms with Gasteiger partial charge in [0.05, 0.1) is 5.56 Å². The molecule has 5 nitrogen and oxygen atoms in total. The molecular weight excluding hydrogens is 311 g/mol. The average Bonchev–Trinajstić information content (AvgIpc) is 2.56. The van der Waals surface area contributed by atoms with Crippen LogP contribution >= 0.6 is 0 Å². The lowest BCUT2D eigenvalue weighted by Gasteiger charge is -2.17. The predicted octanol–water partition coefficient (Wildman–Crippen LogP) is 2.53. The summed E-state index contributed by atoms with van der Waals surface area (Å²) in [7, 11) is 1.52. The van der Waals surface area contributed by atoms with Crippen LogP contribution in [-0.4, -0.2) is 30.4 Å². The first-order chi connectivity index (χ1) is 11.4. The number of aryl methyl sites for hydroxylation is 1. The number of hydrogen-bond acceptors (Lipinski definition) is 4. The highest BCUT2D eigenvalue weighted by Crippen LogP contribution is 2.17. The van der Waals surface area contributed by atoms with Crippen LogP contribution in [0.2, 0.25) is 0 Å². The van der Waals surface area contributed by atoms with E-state index in [1.54, 1.807) is 37.3 Å². The first kappa shape index (κ1) is 17.5. The van der Waals surface area contributed by atoms with Gasteiger partial charge < -0.3 is 15.4 Å². The Morgan fingerprint density at radius 2 is 1.88 bits per heavy atom. The molecule has 0 heterocycles. The summed E-state index contributed by atoms with van der Waals surface area (Å²) in [6, 6.07) is 11.2. The second kappa shape index (κ2) is 7.59. The van der Waals surface area contributed by atoms with E-state index in [0.29, 0.717) is 11.3 Å². The first-order valence-corrected chi connectivity index (χ1v) is 7.39. The minimum atomic E-state index is -0.663.